The molecule has 0 saturated carbocycles. The molecule has 0 aliphatic carbocycles. The second-order valence-corrected chi connectivity index (χ2v) is 19.3. The van der Waals surface area contributed by atoms with Crippen LogP contribution < -0.4 is 0 Å². The van der Waals surface area contributed by atoms with E-state index in [1.165, 1.54) is 54.3 Å². The van der Waals surface area contributed by atoms with E-state index in [0.717, 1.165) is 45.6 Å². The summed E-state index contributed by atoms with van der Waals surface area (Å²) in [4.78, 5) is 23.5. The van der Waals surface area contributed by atoms with Crippen molar-refractivity contribution in [1.29, 1.82) is 0 Å². The minimum atomic E-state index is 0. The van der Waals surface area contributed by atoms with Crippen LogP contribution in [0.15, 0.2) is 92.8 Å². The van der Waals surface area contributed by atoms with Gasteiger partial charge in [-0.3, -0.25) is 29.8 Å². The van der Waals surface area contributed by atoms with E-state index in [0.29, 0.717) is 47.3 Å². The number of para-hydroxylation sites is 4. The van der Waals surface area contributed by atoms with Crippen LogP contribution in [0.3, 0.4) is 0 Å². The van der Waals surface area contributed by atoms with Crippen molar-refractivity contribution in [2.45, 2.75) is 186 Å². The van der Waals surface area contributed by atoms with E-state index in [2.05, 4.69) is 211 Å². The molecule has 12 heteroatoms. The van der Waals surface area contributed by atoms with Crippen molar-refractivity contribution in [2.24, 2.45) is 20.0 Å². The number of nitrogens with zero attached hydrogens (tertiary/aromatic N) is 10. The first kappa shape index (κ1) is 65.2. The molecular weight excluding hydrogens is 930 g/mol. The fraction of sp³-hybridized carbons (Fsp3) is 0.500. The first-order chi connectivity index (χ1) is 30.9. The summed E-state index contributed by atoms with van der Waals surface area (Å²) in [6, 6.07) is 26.3. The summed E-state index contributed by atoms with van der Waals surface area (Å²) >= 11 is 0. The van der Waals surface area contributed by atoms with E-state index in [4.69, 9.17) is 42.1 Å². The van der Waals surface area contributed by atoms with Crippen molar-refractivity contribution in [3.8, 4) is 0 Å². The van der Waals surface area contributed by atoms with E-state index < -0.39 is 0 Å². The largest absolute Gasteiger partial charge is 0.373 e. The van der Waals surface area contributed by atoms with E-state index in [-0.39, 0.29) is 33.0 Å². The zero-order chi connectivity index (χ0) is 50.6. The molecule has 0 N–H and O–H groups in total. The number of benzene rings is 4. The molecular formula is C56H80N10Ni2-2. The minimum absolute atomic E-state index is 0. The molecule has 0 amide bonds. The van der Waals surface area contributed by atoms with Crippen molar-refractivity contribution in [1.82, 2.24) is 0 Å². The molecule has 0 radical (unpaired) electrons. The molecule has 0 atom stereocenters. The van der Waals surface area contributed by atoms with E-state index in [9.17, 15) is 0 Å². The summed E-state index contributed by atoms with van der Waals surface area (Å²) in [5.41, 5.74) is 45.9. The van der Waals surface area contributed by atoms with Crippen LogP contribution in [0.2, 0.25) is 0 Å². The summed E-state index contributed by atoms with van der Waals surface area (Å²) in [6.45, 7) is 44.2. The number of hydrogen-bond donors (Lipinski definition) is 0. The van der Waals surface area contributed by atoms with E-state index in [1.54, 1.807) is 0 Å². The van der Waals surface area contributed by atoms with Gasteiger partial charge in [0, 0.05) is 33.0 Å². The number of hydrogen-bond acceptors (Lipinski definition) is 4. The van der Waals surface area contributed by atoms with E-state index >= 15 is 0 Å². The molecule has 0 aromatic heterocycles. The Kier molecular flexibility index (Phi) is 30.8. The van der Waals surface area contributed by atoms with Gasteiger partial charge in [-0.25, -0.2) is 0 Å². The van der Waals surface area contributed by atoms with Gasteiger partial charge in [-0.2, -0.15) is 0 Å². The molecule has 0 unspecified atom stereocenters. The van der Waals surface area contributed by atoms with Gasteiger partial charge in [0.05, 0.1) is 45.6 Å². The van der Waals surface area contributed by atoms with Crippen LogP contribution in [0.1, 0.15) is 230 Å². The summed E-state index contributed by atoms with van der Waals surface area (Å²) in [6.07, 6.45) is 0. The zero-order valence-corrected chi connectivity index (χ0v) is 46.6. The van der Waals surface area contributed by atoms with Gasteiger partial charge in [-0.05, 0) is 120 Å². The Hall–Kier alpha value is -4.83. The van der Waals surface area contributed by atoms with Gasteiger partial charge < -0.3 is 22.1 Å². The molecule has 0 aliphatic heterocycles. The van der Waals surface area contributed by atoms with E-state index in [1.807, 2.05) is 0 Å². The molecule has 0 fully saturated rings. The molecule has 4 rings (SSSR count). The fourth-order valence-electron chi connectivity index (χ4n) is 7.56. The quantitative estimate of drug-likeness (QED) is 0.0386. The fourth-order valence-corrected chi connectivity index (χ4v) is 7.56. The molecule has 10 nitrogen and oxygen atoms in total. The van der Waals surface area contributed by atoms with Crippen molar-refractivity contribution in [2.75, 3.05) is 0 Å². The first-order valence-corrected chi connectivity index (χ1v) is 23.6. The SMILES string of the molecule is CC(=Nc1c(C(C)C)cccc1C(C)C)C(C)=Nc1c(C(C)C)cccc1C(C)C.CC(=Nc1c(C(C)C)cccc1C(C)C)C(C)=Nc1c(C(C)C)cccc1C(C)C.[N-]=[N+]=[N-].[N-]=[N+]=[N-].[Ni].[Ni]. The van der Waals surface area contributed by atoms with Crippen LogP contribution in [-0.4, -0.2) is 22.8 Å². The maximum Gasteiger partial charge on any atom is 0.0702 e. The molecule has 4 aromatic rings. The van der Waals surface area contributed by atoms with Crippen LogP contribution in [0.25, 0.3) is 31.9 Å². The molecule has 0 heterocycles. The second-order valence-electron chi connectivity index (χ2n) is 19.3. The Morgan fingerprint density at radius 3 is 0.485 bits per heavy atom. The molecule has 0 aliphatic rings. The smallest absolute Gasteiger partial charge is 0.0702 e. The first-order valence-electron chi connectivity index (χ1n) is 23.6. The summed E-state index contributed by atoms with van der Waals surface area (Å²) in [7, 11) is 0. The molecule has 0 bridgehead atoms. The Labute approximate surface area is 431 Å². The Bertz CT molecular complexity index is 1960. The standard InChI is InChI=1S/2C28H40N2.2N3.2Ni/c2*1-17(2)23-13-11-14-24(18(3)4)27(23)29-21(9)22(10)30-28-25(19(5)6)15-12-16-26(28)20(7)8;2*1-3-2;;/h2*11-20H,1-10H3;;;;/q;;2*-1;;. The van der Waals surface area contributed by atoms with Crippen molar-refractivity contribution < 1.29 is 33.0 Å². The molecule has 4 aromatic carbocycles. The molecule has 68 heavy (non-hydrogen) atoms. The molecule has 0 spiro atoms. The van der Waals surface area contributed by atoms with Gasteiger partial charge in [0.2, 0.25) is 0 Å². The second kappa shape index (κ2) is 32.1. The monoisotopic (exact) mass is 1010 g/mol. The van der Waals surface area contributed by atoms with Crippen LogP contribution in [0.5, 0.6) is 0 Å². The Morgan fingerprint density at radius 1 is 0.294 bits per heavy atom. The number of aliphatic imine (C=N–C) groups is 4. The summed E-state index contributed by atoms with van der Waals surface area (Å²) in [5.74, 6) is 3.46. The van der Waals surface area contributed by atoms with Crippen LogP contribution in [0, 0.1) is 0 Å². The van der Waals surface area contributed by atoms with Gasteiger partial charge in [-0.1, -0.05) is 184 Å². The van der Waals surface area contributed by atoms with Crippen LogP contribution in [0.4, 0.5) is 22.7 Å². The predicted octanol–water partition coefficient (Wildman–Crippen LogP) is 19.9. The minimum Gasteiger partial charge on any atom is -0.373 e. The topological polar surface area (TPSA) is 167 Å². The maximum absolute atomic E-state index is 6.75. The van der Waals surface area contributed by atoms with Gasteiger partial charge in [-0.15, -0.1) is 0 Å². The third-order valence-electron chi connectivity index (χ3n) is 11.5. The van der Waals surface area contributed by atoms with Crippen LogP contribution >= 0.6 is 0 Å². The van der Waals surface area contributed by atoms with Gasteiger partial charge in [0.25, 0.3) is 0 Å². The molecule has 0 saturated heterocycles. The average molecular weight is 1010 g/mol. The zero-order valence-electron chi connectivity index (χ0n) is 44.7. The Balaban J connectivity index is 0. The number of rotatable bonds is 14. The third kappa shape index (κ3) is 19.3. The normalized spacial score (nSPS) is 11.9. The third-order valence-corrected chi connectivity index (χ3v) is 11.5. The van der Waals surface area contributed by atoms with Crippen molar-refractivity contribution in [3.05, 3.63) is 149 Å². The average Bonchev–Trinajstić information content (AvgIpc) is 3.23. The van der Waals surface area contributed by atoms with Gasteiger partial charge in [0.1, 0.15) is 0 Å². The van der Waals surface area contributed by atoms with Gasteiger partial charge >= 0.3 is 0 Å². The summed E-state index contributed by atoms with van der Waals surface area (Å²) in [5, 5.41) is 0. The maximum atomic E-state index is 6.75. The van der Waals surface area contributed by atoms with Gasteiger partial charge in [0.15, 0.2) is 0 Å². The van der Waals surface area contributed by atoms with Crippen molar-refractivity contribution in [3.63, 3.8) is 0 Å². The van der Waals surface area contributed by atoms with Crippen molar-refractivity contribution >= 4 is 45.6 Å². The summed E-state index contributed by atoms with van der Waals surface area (Å²) < 4.78 is 0. The van der Waals surface area contributed by atoms with Crippen LogP contribution in [-0.2, 0) is 33.0 Å². The molecule has 376 valence electrons. The predicted molar refractivity (Wildman–Crippen MR) is 290 cm³/mol. The Morgan fingerprint density at radius 2 is 0.397 bits per heavy atom.